The number of hydrogen-bond donors (Lipinski definition) is 1. The molecular weight excluding hydrogens is 272 g/mol. The van der Waals surface area contributed by atoms with Crippen molar-refractivity contribution in [2.24, 2.45) is 0 Å². The summed E-state index contributed by atoms with van der Waals surface area (Å²) in [5.74, 6) is 0.858. The molecule has 0 saturated carbocycles. The zero-order valence-corrected chi connectivity index (χ0v) is 12.5. The molecule has 0 spiro atoms. The Morgan fingerprint density at radius 2 is 1.95 bits per heavy atom. The molecule has 106 valence electrons. The monoisotopic (exact) mass is 290 g/mol. The number of rotatable bonds is 5. The minimum Gasteiger partial charge on any atom is -0.496 e. The molecule has 2 N–H and O–H groups in total. The first-order chi connectivity index (χ1) is 9.58. The summed E-state index contributed by atoms with van der Waals surface area (Å²) in [6.45, 7) is 1.58. The lowest BCUT2D eigenvalue weighted by molar-refractivity contribution is 0.310. The second-order valence-corrected chi connectivity index (χ2v) is 5.31. The summed E-state index contributed by atoms with van der Waals surface area (Å²) >= 11 is 6.00. The molecule has 2 rings (SSSR count). The van der Waals surface area contributed by atoms with Gasteiger partial charge in [0.25, 0.3) is 0 Å². The topological polar surface area (TPSA) is 38.5 Å². The van der Waals surface area contributed by atoms with Crippen LogP contribution >= 0.6 is 11.6 Å². The number of nitrogens with zero attached hydrogens (tertiary/aromatic N) is 1. The van der Waals surface area contributed by atoms with Crippen LogP contribution in [-0.4, -0.2) is 19.1 Å². The highest BCUT2D eigenvalue weighted by molar-refractivity contribution is 6.30. The molecule has 0 bridgehead atoms. The lowest BCUT2D eigenvalue weighted by atomic mass is 10.1. The lowest BCUT2D eigenvalue weighted by Crippen LogP contribution is -2.17. The van der Waals surface area contributed by atoms with E-state index in [1.807, 2.05) is 36.4 Å². The van der Waals surface area contributed by atoms with E-state index < -0.39 is 0 Å². The van der Waals surface area contributed by atoms with Gasteiger partial charge in [-0.25, -0.2) is 0 Å². The molecule has 0 aliphatic rings. The summed E-state index contributed by atoms with van der Waals surface area (Å²) in [6, 6.07) is 13.6. The molecule has 0 heterocycles. The van der Waals surface area contributed by atoms with Gasteiger partial charge in [0.2, 0.25) is 0 Å². The Morgan fingerprint density at radius 3 is 2.65 bits per heavy atom. The fraction of sp³-hybridized carbons (Fsp3) is 0.250. The number of nitrogens with two attached hydrogens (primary N) is 1. The average Bonchev–Trinajstić information content (AvgIpc) is 2.38. The van der Waals surface area contributed by atoms with E-state index in [-0.39, 0.29) is 0 Å². The van der Waals surface area contributed by atoms with E-state index in [1.54, 1.807) is 7.11 Å². The van der Waals surface area contributed by atoms with Gasteiger partial charge in [0, 0.05) is 29.4 Å². The number of benzene rings is 2. The second kappa shape index (κ2) is 6.64. The largest absolute Gasteiger partial charge is 0.496 e. The predicted octanol–water partition coefficient (Wildman–Crippen LogP) is 3.56. The molecule has 0 atom stereocenters. The standard InChI is InChI=1S/C16H19ClN2O/c1-19(10-12-4-3-5-14(17)8-12)11-13-9-15(18)6-7-16(13)20-2/h3-9H,10-11,18H2,1-2H3. The zero-order chi connectivity index (χ0) is 14.5. The summed E-state index contributed by atoms with van der Waals surface area (Å²) in [5.41, 5.74) is 8.85. The Balaban J connectivity index is 2.08. The van der Waals surface area contributed by atoms with Crippen LogP contribution in [0.2, 0.25) is 5.02 Å². The van der Waals surface area contributed by atoms with E-state index in [0.29, 0.717) is 0 Å². The minimum atomic E-state index is 0.747. The third kappa shape index (κ3) is 3.89. The van der Waals surface area contributed by atoms with Gasteiger partial charge in [-0.1, -0.05) is 23.7 Å². The molecule has 0 aliphatic heterocycles. The maximum atomic E-state index is 6.00. The second-order valence-electron chi connectivity index (χ2n) is 4.87. The van der Waals surface area contributed by atoms with Gasteiger partial charge in [0.05, 0.1) is 7.11 Å². The van der Waals surface area contributed by atoms with E-state index in [9.17, 15) is 0 Å². The number of methoxy groups -OCH3 is 1. The molecule has 0 saturated heterocycles. The highest BCUT2D eigenvalue weighted by Crippen LogP contribution is 2.23. The van der Waals surface area contributed by atoms with Gasteiger partial charge in [-0.15, -0.1) is 0 Å². The van der Waals surface area contributed by atoms with Crippen molar-refractivity contribution in [3.63, 3.8) is 0 Å². The summed E-state index contributed by atoms with van der Waals surface area (Å²) in [4.78, 5) is 2.20. The van der Waals surface area contributed by atoms with Crippen molar-refractivity contribution in [2.75, 3.05) is 19.9 Å². The first-order valence-corrected chi connectivity index (χ1v) is 6.81. The van der Waals surface area contributed by atoms with Gasteiger partial charge in [0.1, 0.15) is 5.75 Å². The van der Waals surface area contributed by atoms with Crippen LogP contribution in [0.1, 0.15) is 11.1 Å². The maximum absolute atomic E-state index is 6.00. The lowest BCUT2D eigenvalue weighted by Gasteiger charge is -2.19. The molecule has 0 fully saturated rings. The number of anilines is 1. The Bertz CT molecular complexity index is 586. The van der Waals surface area contributed by atoms with E-state index in [1.165, 1.54) is 5.56 Å². The van der Waals surface area contributed by atoms with Crippen LogP contribution in [0.3, 0.4) is 0 Å². The molecule has 0 radical (unpaired) electrons. The molecule has 0 unspecified atom stereocenters. The van der Waals surface area contributed by atoms with Crippen molar-refractivity contribution in [1.82, 2.24) is 4.90 Å². The Morgan fingerprint density at radius 1 is 1.15 bits per heavy atom. The first-order valence-electron chi connectivity index (χ1n) is 6.44. The molecule has 2 aromatic rings. The van der Waals surface area contributed by atoms with E-state index in [2.05, 4.69) is 18.0 Å². The van der Waals surface area contributed by atoms with Crippen LogP contribution in [0, 0.1) is 0 Å². The highest BCUT2D eigenvalue weighted by Gasteiger charge is 2.08. The maximum Gasteiger partial charge on any atom is 0.123 e. The first kappa shape index (κ1) is 14.7. The summed E-state index contributed by atoms with van der Waals surface area (Å²) in [7, 11) is 3.73. The molecule has 3 nitrogen and oxygen atoms in total. The average molecular weight is 291 g/mol. The highest BCUT2D eigenvalue weighted by atomic mass is 35.5. The third-order valence-corrected chi connectivity index (χ3v) is 3.32. The van der Waals surface area contributed by atoms with Crippen molar-refractivity contribution in [3.05, 3.63) is 58.6 Å². The van der Waals surface area contributed by atoms with Crippen LogP contribution < -0.4 is 10.5 Å². The van der Waals surface area contributed by atoms with E-state index >= 15 is 0 Å². The van der Waals surface area contributed by atoms with E-state index in [0.717, 1.165) is 35.1 Å². The molecule has 2 aromatic carbocycles. The van der Waals surface area contributed by atoms with Crippen molar-refractivity contribution in [2.45, 2.75) is 13.1 Å². The van der Waals surface area contributed by atoms with Crippen LogP contribution in [0.4, 0.5) is 5.69 Å². The van der Waals surface area contributed by atoms with Crippen molar-refractivity contribution >= 4 is 17.3 Å². The molecular formula is C16H19ClN2O. The van der Waals surface area contributed by atoms with Gasteiger partial charge in [-0.05, 0) is 42.9 Å². The Kier molecular flexibility index (Phi) is 4.88. The summed E-state index contributed by atoms with van der Waals surface area (Å²) < 4.78 is 5.37. The van der Waals surface area contributed by atoms with Gasteiger partial charge in [0.15, 0.2) is 0 Å². The fourth-order valence-corrected chi connectivity index (χ4v) is 2.43. The minimum absolute atomic E-state index is 0.747. The molecule has 0 aliphatic carbocycles. The van der Waals surface area contributed by atoms with Crippen LogP contribution in [-0.2, 0) is 13.1 Å². The third-order valence-electron chi connectivity index (χ3n) is 3.09. The molecule has 0 amide bonds. The number of ether oxygens (including phenoxy) is 1. The zero-order valence-electron chi connectivity index (χ0n) is 11.8. The fourth-order valence-electron chi connectivity index (χ4n) is 2.22. The van der Waals surface area contributed by atoms with Gasteiger partial charge < -0.3 is 10.5 Å². The van der Waals surface area contributed by atoms with Gasteiger partial charge in [-0.3, -0.25) is 4.90 Å². The normalized spacial score (nSPS) is 10.8. The van der Waals surface area contributed by atoms with E-state index in [4.69, 9.17) is 22.1 Å². The Hall–Kier alpha value is -1.71. The van der Waals surface area contributed by atoms with Crippen LogP contribution in [0.5, 0.6) is 5.75 Å². The number of hydrogen-bond acceptors (Lipinski definition) is 3. The smallest absolute Gasteiger partial charge is 0.123 e. The van der Waals surface area contributed by atoms with Crippen molar-refractivity contribution < 1.29 is 4.74 Å². The summed E-state index contributed by atoms with van der Waals surface area (Å²) in [5, 5.41) is 0.762. The molecule has 20 heavy (non-hydrogen) atoms. The van der Waals surface area contributed by atoms with Crippen molar-refractivity contribution in [3.8, 4) is 5.75 Å². The van der Waals surface area contributed by atoms with Crippen LogP contribution in [0.15, 0.2) is 42.5 Å². The Labute approximate surface area is 124 Å². The predicted molar refractivity (Wildman–Crippen MR) is 84.0 cm³/mol. The number of halogens is 1. The SMILES string of the molecule is COc1ccc(N)cc1CN(C)Cc1cccc(Cl)c1. The molecule has 4 heteroatoms. The van der Waals surface area contributed by atoms with Gasteiger partial charge in [-0.2, -0.15) is 0 Å². The summed E-state index contributed by atoms with van der Waals surface area (Å²) in [6.07, 6.45) is 0. The molecule has 0 aromatic heterocycles. The van der Waals surface area contributed by atoms with Crippen LogP contribution in [0.25, 0.3) is 0 Å². The quantitative estimate of drug-likeness (QED) is 0.856. The van der Waals surface area contributed by atoms with Gasteiger partial charge >= 0.3 is 0 Å². The number of nitrogen functional groups attached to an aromatic ring is 1. The van der Waals surface area contributed by atoms with Crippen molar-refractivity contribution in [1.29, 1.82) is 0 Å².